The number of ether oxygens (including phenoxy) is 2. The van der Waals surface area contributed by atoms with Crippen LogP contribution in [-0.2, 0) is 9.53 Å². The van der Waals surface area contributed by atoms with Gasteiger partial charge >= 0.3 is 5.97 Å². The largest absolute Gasteiger partial charge is 0.504 e. The summed E-state index contributed by atoms with van der Waals surface area (Å²) in [6, 6.07) is 4.90. The first-order valence-electron chi connectivity index (χ1n) is 4.79. The molecule has 0 amide bonds. The number of carbonyl (C=O) groups excluding carboxylic acids is 1. The topological polar surface area (TPSA) is 81.8 Å². The average Bonchev–Trinajstić information content (AvgIpc) is 2.31. The number of aromatic hydroxyl groups is 1. The minimum absolute atomic E-state index is 0.0629. The van der Waals surface area contributed by atoms with E-state index < -0.39 is 11.9 Å². The molecule has 0 aromatic heterocycles. The van der Waals surface area contributed by atoms with Crippen molar-refractivity contribution < 1.29 is 19.4 Å². The van der Waals surface area contributed by atoms with Crippen molar-refractivity contribution in [2.24, 2.45) is 5.73 Å². The van der Waals surface area contributed by atoms with Crippen LogP contribution in [0.3, 0.4) is 0 Å². The summed E-state index contributed by atoms with van der Waals surface area (Å²) in [6.07, 6.45) is 0. The van der Waals surface area contributed by atoms with Gasteiger partial charge in [0, 0.05) is 12.1 Å². The van der Waals surface area contributed by atoms with Crippen molar-refractivity contribution in [2.75, 3.05) is 20.8 Å². The third kappa shape index (κ3) is 2.25. The van der Waals surface area contributed by atoms with Crippen LogP contribution in [0.15, 0.2) is 18.2 Å². The highest BCUT2D eigenvalue weighted by Crippen LogP contribution is 2.34. The molecule has 0 aliphatic rings. The number of esters is 1. The zero-order valence-electron chi connectivity index (χ0n) is 9.27. The fourth-order valence-corrected chi connectivity index (χ4v) is 1.48. The first-order valence-corrected chi connectivity index (χ1v) is 4.79. The van der Waals surface area contributed by atoms with Gasteiger partial charge in [-0.15, -0.1) is 0 Å². The fraction of sp³-hybridized carbons (Fsp3) is 0.364. The maximum absolute atomic E-state index is 11.4. The van der Waals surface area contributed by atoms with Gasteiger partial charge in [-0.1, -0.05) is 12.1 Å². The van der Waals surface area contributed by atoms with E-state index in [9.17, 15) is 9.90 Å². The van der Waals surface area contributed by atoms with Gasteiger partial charge in [0.1, 0.15) is 0 Å². The molecule has 0 aliphatic heterocycles. The number of phenolic OH excluding ortho intramolecular Hbond substituents is 1. The highest BCUT2D eigenvalue weighted by molar-refractivity contribution is 5.79. The molecule has 0 aliphatic carbocycles. The molecule has 0 saturated heterocycles. The molecule has 5 heteroatoms. The minimum atomic E-state index is -0.680. The SMILES string of the molecule is COC(=O)C(CN)c1cccc(OC)c1O. The lowest BCUT2D eigenvalue weighted by Gasteiger charge is -2.15. The summed E-state index contributed by atoms with van der Waals surface area (Å²) >= 11 is 0. The average molecular weight is 225 g/mol. The summed E-state index contributed by atoms with van der Waals surface area (Å²) in [7, 11) is 2.72. The molecule has 5 nitrogen and oxygen atoms in total. The maximum atomic E-state index is 11.4. The lowest BCUT2D eigenvalue weighted by Crippen LogP contribution is -2.22. The van der Waals surface area contributed by atoms with Crippen molar-refractivity contribution in [3.8, 4) is 11.5 Å². The Morgan fingerprint density at radius 2 is 2.19 bits per heavy atom. The summed E-state index contributed by atoms with van der Waals surface area (Å²) in [5.74, 6) is -0.933. The van der Waals surface area contributed by atoms with Crippen molar-refractivity contribution in [3.05, 3.63) is 23.8 Å². The van der Waals surface area contributed by atoms with Crippen molar-refractivity contribution in [1.29, 1.82) is 0 Å². The Hall–Kier alpha value is -1.75. The molecule has 16 heavy (non-hydrogen) atoms. The van der Waals surface area contributed by atoms with Crippen LogP contribution in [0.4, 0.5) is 0 Å². The number of para-hydroxylation sites is 1. The summed E-state index contributed by atoms with van der Waals surface area (Å²) in [4.78, 5) is 11.4. The molecule has 1 rings (SSSR count). The molecule has 88 valence electrons. The van der Waals surface area contributed by atoms with E-state index in [1.807, 2.05) is 0 Å². The standard InChI is InChI=1S/C11H15NO4/c1-15-9-5-3-4-7(10(9)13)8(6-12)11(14)16-2/h3-5,8,13H,6,12H2,1-2H3. The van der Waals surface area contributed by atoms with Gasteiger partial charge in [0.25, 0.3) is 0 Å². The zero-order chi connectivity index (χ0) is 12.1. The Morgan fingerprint density at radius 1 is 1.50 bits per heavy atom. The highest BCUT2D eigenvalue weighted by Gasteiger charge is 2.24. The third-order valence-corrected chi connectivity index (χ3v) is 2.35. The molecule has 0 spiro atoms. The lowest BCUT2D eigenvalue weighted by atomic mass is 9.98. The Balaban J connectivity index is 3.15. The van der Waals surface area contributed by atoms with E-state index >= 15 is 0 Å². The zero-order valence-corrected chi connectivity index (χ0v) is 9.27. The monoisotopic (exact) mass is 225 g/mol. The van der Waals surface area contributed by atoms with E-state index in [1.165, 1.54) is 14.2 Å². The molecule has 1 aromatic rings. The Kier molecular flexibility index (Phi) is 4.13. The van der Waals surface area contributed by atoms with Crippen LogP contribution in [0.2, 0.25) is 0 Å². The lowest BCUT2D eigenvalue weighted by molar-refractivity contribution is -0.142. The van der Waals surface area contributed by atoms with Crippen LogP contribution >= 0.6 is 0 Å². The molecule has 0 bridgehead atoms. The first-order chi connectivity index (χ1) is 7.65. The van der Waals surface area contributed by atoms with Gasteiger partial charge in [-0.05, 0) is 6.07 Å². The molecule has 1 aromatic carbocycles. The number of benzene rings is 1. The van der Waals surface area contributed by atoms with Crippen molar-refractivity contribution in [3.63, 3.8) is 0 Å². The van der Waals surface area contributed by atoms with E-state index in [1.54, 1.807) is 18.2 Å². The summed E-state index contributed by atoms with van der Waals surface area (Å²) in [6.45, 7) is 0.0629. The summed E-state index contributed by atoms with van der Waals surface area (Å²) in [5.41, 5.74) is 5.90. The summed E-state index contributed by atoms with van der Waals surface area (Å²) in [5, 5.41) is 9.85. The second kappa shape index (κ2) is 5.37. The highest BCUT2D eigenvalue weighted by atomic mass is 16.5. The van der Waals surface area contributed by atoms with Crippen LogP contribution in [0.1, 0.15) is 11.5 Å². The van der Waals surface area contributed by atoms with Gasteiger partial charge < -0.3 is 20.3 Å². The fourth-order valence-electron chi connectivity index (χ4n) is 1.48. The van der Waals surface area contributed by atoms with Crippen molar-refractivity contribution >= 4 is 5.97 Å². The molecule has 0 heterocycles. The van der Waals surface area contributed by atoms with Crippen LogP contribution in [-0.4, -0.2) is 31.8 Å². The molecule has 1 unspecified atom stereocenters. The first kappa shape index (κ1) is 12.3. The number of phenols is 1. The van der Waals surface area contributed by atoms with Gasteiger partial charge in [0.05, 0.1) is 20.1 Å². The molecule has 0 saturated carbocycles. The minimum Gasteiger partial charge on any atom is -0.504 e. The number of methoxy groups -OCH3 is 2. The number of carbonyl (C=O) groups is 1. The molecular formula is C11H15NO4. The Bertz CT molecular complexity index is 378. The number of hydrogen-bond donors (Lipinski definition) is 2. The molecule has 3 N–H and O–H groups in total. The van der Waals surface area contributed by atoms with E-state index in [0.29, 0.717) is 11.3 Å². The second-order valence-corrected chi connectivity index (χ2v) is 3.21. The maximum Gasteiger partial charge on any atom is 0.314 e. The second-order valence-electron chi connectivity index (χ2n) is 3.21. The van der Waals surface area contributed by atoms with Crippen LogP contribution < -0.4 is 10.5 Å². The number of rotatable bonds is 4. The van der Waals surface area contributed by atoms with Crippen LogP contribution in [0, 0.1) is 0 Å². The summed E-state index contributed by atoms with van der Waals surface area (Å²) < 4.78 is 9.57. The number of nitrogens with two attached hydrogens (primary N) is 1. The Labute approximate surface area is 93.8 Å². The third-order valence-electron chi connectivity index (χ3n) is 2.35. The van der Waals surface area contributed by atoms with Gasteiger partial charge in [0.2, 0.25) is 0 Å². The predicted octanol–water partition coefficient (Wildman–Crippen LogP) is 0.616. The Morgan fingerprint density at radius 3 is 2.69 bits per heavy atom. The smallest absolute Gasteiger partial charge is 0.314 e. The van der Waals surface area contributed by atoms with Crippen molar-refractivity contribution in [1.82, 2.24) is 0 Å². The van der Waals surface area contributed by atoms with E-state index in [-0.39, 0.29) is 12.3 Å². The van der Waals surface area contributed by atoms with E-state index in [2.05, 4.69) is 4.74 Å². The van der Waals surface area contributed by atoms with Gasteiger partial charge in [-0.25, -0.2) is 0 Å². The number of hydrogen-bond acceptors (Lipinski definition) is 5. The van der Waals surface area contributed by atoms with Crippen LogP contribution in [0.5, 0.6) is 11.5 Å². The van der Waals surface area contributed by atoms with Gasteiger partial charge in [-0.3, -0.25) is 4.79 Å². The van der Waals surface area contributed by atoms with Crippen LogP contribution in [0.25, 0.3) is 0 Å². The van der Waals surface area contributed by atoms with Gasteiger partial charge in [0.15, 0.2) is 11.5 Å². The quantitative estimate of drug-likeness (QED) is 0.734. The van der Waals surface area contributed by atoms with E-state index in [4.69, 9.17) is 10.5 Å². The van der Waals surface area contributed by atoms with Crippen molar-refractivity contribution in [2.45, 2.75) is 5.92 Å². The normalized spacial score (nSPS) is 11.9. The van der Waals surface area contributed by atoms with E-state index in [0.717, 1.165) is 0 Å². The molecule has 0 radical (unpaired) electrons. The molecule has 1 atom stereocenters. The predicted molar refractivity (Wildman–Crippen MR) is 58.5 cm³/mol. The molecular weight excluding hydrogens is 210 g/mol. The van der Waals surface area contributed by atoms with Gasteiger partial charge in [-0.2, -0.15) is 0 Å². The molecule has 0 fully saturated rings.